The molecule has 1 aromatic heterocycles. The molecule has 1 heterocycles. The Morgan fingerprint density at radius 1 is 1.24 bits per heavy atom. The van der Waals surface area contributed by atoms with Crippen LogP contribution in [0.3, 0.4) is 0 Å². The Hall–Kier alpha value is -2.94. The van der Waals surface area contributed by atoms with Gasteiger partial charge in [0.15, 0.2) is 0 Å². The van der Waals surface area contributed by atoms with Gasteiger partial charge in [0.25, 0.3) is 5.69 Å². The summed E-state index contributed by atoms with van der Waals surface area (Å²) in [4.78, 5) is 35.3. The van der Waals surface area contributed by atoms with Crippen molar-refractivity contribution in [1.29, 1.82) is 0 Å². The lowest BCUT2D eigenvalue weighted by molar-refractivity contribution is -0.384. The van der Waals surface area contributed by atoms with Crippen molar-refractivity contribution in [2.75, 3.05) is 0 Å². The third-order valence-electron chi connectivity index (χ3n) is 2.36. The van der Waals surface area contributed by atoms with Gasteiger partial charge in [-0.05, 0) is 6.07 Å². The molecular formula is C11H5ClN2O7. The number of oxazole rings is 1. The largest absolute Gasteiger partial charge is 0.476 e. The van der Waals surface area contributed by atoms with Gasteiger partial charge < -0.3 is 14.6 Å². The molecule has 0 aliphatic heterocycles. The zero-order chi connectivity index (χ0) is 15.7. The Balaban J connectivity index is 2.62. The first-order valence-electron chi connectivity index (χ1n) is 5.22. The summed E-state index contributed by atoms with van der Waals surface area (Å²) in [5.41, 5.74) is -1.19. The molecule has 0 bridgehead atoms. The molecule has 10 heteroatoms. The molecule has 2 aromatic rings. The van der Waals surface area contributed by atoms with Gasteiger partial charge in [-0.25, -0.2) is 14.6 Å². The number of nitro groups is 1. The van der Waals surface area contributed by atoms with Crippen molar-refractivity contribution in [3.8, 4) is 11.5 Å². The van der Waals surface area contributed by atoms with Crippen molar-refractivity contribution in [3.63, 3.8) is 0 Å². The number of aromatic nitrogens is 1. The lowest BCUT2D eigenvalue weighted by Gasteiger charge is -1.97. The summed E-state index contributed by atoms with van der Waals surface area (Å²) in [7, 11) is 0. The Morgan fingerprint density at radius 3 is 2.38 bits per heavy atom. The van der Waals surface area contributed by atoms with Gasteiger partial charge in [0, 0.05) is 22.7 Å². The van der Waals surface area contributed by atoms with Crippen molar-refractivity contribution in [1.82, 2.24) is 4.98 Å². The normalized spacial score (nSPS) is 10.3. The fourth-order valence-electron chi connectivity index (χ4n) is 1.54. The van der Waals surface area contributed by atoms with E-state index in [4.69, 9.17) is 26.2 Å². The van der Waals surface area contributed by atoms with E-state index < -0.39 is 34.2 Å². The van der Waals surface area contributed by atoms with Crippen molar-refractivity contribution < 1.29 is 29.1 Å². The molecule has 108 valence electrons. The van der Waals surface area contributed by atoms with Crippen LogP contribution in [0.5, 0.6) is 0 Å². The lowest BCUT2D eigenvalue weighted by atomic mass is 10.2. The highest BCUT2D eigenvalue weighted by Gasteiger charge is 2.26. The minimum atomic E-state index is -1.62. The van der Waals surface area contributed by atoms with Gasteiger partial charge in [0.2, 0.25) is 17.3 Å². The van der Waals surface area contributed by atoms with Crippen molar-refractivity contribution >= 4 is 29.2 Å². The number of carbonyl (C=O) groups is 2. The maximum absolute atomic E-state index is 10.9. The molecule has 0 amide bonds. The van der Waals surface area contributed by atoms with E-state index in [0.29, 0.717) is 0 Å². The van der Waals surface area contributed by atoms with E-state index in [-0.39, 0.29) is 16.3 Å². The van der Waals surface area contributed by atoms with Gasteiger partial charge >= 0.3 is 11.9 Å². The van der Waals surface area contributed by atoms with Crippen LogP contribution in [0.25, 0.3) is 11.5 Å². The first-order valence-corrected chi connectivity index (χ1v) is 5.60. The number of aromatic carboxylic acids is 2. The van der Waals surface area contributed by atoms with Crippen LogP contribution in [0, 0.1) is 10.1 Å². The molecular weight excluding hydrogens is 308 g/mol. The predicted molar refractivity (Wildman–Crippen MR) is 67.5 cm³/mol. The second-order valence-corrected chi connectivity index (χ2v) is 4.20. The average Bonchev–Trinajstić information content (AvgIpc) is 2.83. The number of halogens is 1. The number of hydrogen-bond donors (Lipinski definition) is 2. The van der Waals surface area contributed by atoms with E-state index in [2.05, 4.69) is 4.98 Å². The van der Waals surface area contributed by atoms with Crippen LogP contribution in [0.2, 0.25) is 5.02 Å². The Labute approximate surface area is 120 Å². The number of hydrogen-bond acceptors (Lipinski definition) is 6. The first kappa shape index (κ1) is 14.5. The highest BCUT2D eigenvalue weighted by Crippen LogP contribution is 2.29. The molecule has 9 nitrogen and oxygen atoms in total. The van der Waals surface area contributed by atoms with Crippen LogP contribution in [0.4, 0.5) is 5.69 Å². The number of carboxylic acid groups (broad SMARTS) is 2. The van der Waals surface area contributed by atoms with E-state index in [1.54, 1.807) is 0 Å². The minimum Gasteiger partial charge on any atom is -0.476 e. The summed E-state index contributed by atoms with van der Waals surface area (Å²) in [6.07, 6.45) is 0. The van der Waals surface area contributed by atoms with Crippen molar-refractivity contribution in [3.05, 3.63) is 44.8 Å². The summed E-state index contributed by atoms with van der Waals surface area (Å²) >= 11 is 5.71. The summed E-state index contributed by atoms with van der Waals surface area (Å²) < 4.78 is 4.84. The van der Waals surface area contributed by atoms with Crippen molar-refractivity contribution in [2.45, 2.75) is 0 Å². The predicted octanol–water partition coefficient (Wildman–Crippen LogP) is 2.30. The molecule has 0 radical (unpaired) electrons. The minimum absolute atomic E-state index is 0.00819. The number of non-ortho nitro benzene ring substituents is 1. The Kier molecular flexibility index (Phi) is 3.59. The highest BCUT2D eigenvalue weighted by molar-refractivity contribution is 6.31. The van der Waals surface area contributed by atoms with E-state index in [1.807, 2.05) is 0 Å². The first-order chi connectivity index (χ1) is 9.79. The van der Waals surface area contributed by atoms with Crippen LogP contribution in [0.15, 0.2) is 22.6 Å². The second kappa shape index (κ2) is 5.21. The van der Waals surface area contributed by atoms with Gasteiger partial charge in [0.1, 0.15) is 0 Å². The summed E-state index contributed by atoms with van der Waals surface area (Å²) in [5, 5.41) is 28.4. The van der Waals surface area contributed by atoms with Gasteiger partial charge in [-0.2, -0.15) is 0 Å². The van der Waals surface area contributed by atoms with Gasteiger partial charge in [-0.1, -0.05) is 11.6 Å². The van der Waals surface area contributed by atoms with Crippen LogP contribution in [-0.4, -0.2) is 32.1 Å². The van der Waals surface area contributed by atoms with Crippen LogP contribution < -0.4 is 0 Å². The zero-order valence-electron chi connectivity index (χ0n) is 9.94. The Morgan fingerprint density at radius 2 is 1.90 bits per heavy atom. The molecule has 0 saturated carbocycles. The van der Waals surface area contributed by atoms with Gasteiger partial charge in [0.05, 0.1) is 4.92 Å². The fourth-order valence-corrected chi connectivity index (χ4v) is 1.77. The van der Waals surface area contributed by atoms with Crippen molar-refractivity contribution in [2.24, 2.45) is 0 Å². The van der Waals surface area contributed by atoms with Crippen LogP contribution >= 0.6 is 11.6 Å². The molecule has 0 aliphatic rings. The molecule has 0 aliphatic carbocycles. The number of carboxylic acids is 2. The third kappa shape index (κ3) is 2.82. The molecule has 2 rings (SSSR count). The molecule has 0 atom stereocenters. The fraction of sp³-hybridized carbons (Fsp3) is 0. The van der Waals surface area contributed by atoms with E-state index >= 15 is 0 Å². The van der Waals surface area contributed by atoms with E-state index in [0.717, 1.165) is 12.1 Å². The smallest absolute Gasteiger partial charge is 0.374 e. The molecule has 2 N–H and O–H groups in total. The SMILES string of the molecule is O=C(O)c1nc(-c2cc(Cl)cc([N+](=O)[O-])c2)oc1C(=O)O. The third-order valence-corrected chi connectivity index (χ3v) is 2.58. The lowest BCUT2D eigenvalue weighted by Crippen LogP contribution is -2.05. The van der Waals surface area contributed by atoms with Crippen LogP contribution in [0.1, 0.15) is 21.0 Å². The molecule has 0 spiro atoms. The molecule has 1 aromatic carbocycles. The van der Waals surface area contributed by atoms with Crippen LogP contribution in [-0.2, 0) is 0 Å². The second-order valence-electron chi connectivity index (χ2n) is 3.76. The standard InChI is InChI=1S/C11H5ClN2O7/c12-5-1-4(2-6(3-5)14(19)20)9-13-7(10(15)16)8(21-9)11(17)18/h1-3H,(H,15,16)(H,17,18). The topological polar surface area (TPSA) is 144 Å². The monoisotopic (exact) mass is 312 g/mol. The number of nitrogens with zero attached hydrogens (tertiary/aromatic N) is 2. The molecule has 0 saturated heterocycles. The average molecular weight is 313 g/mol. The van der Waals surface area contributed by atoms with Gasteiger partial charge in [-0.15, -0.1) is 0 Å². The molecule has 0 fully saturated rings. The quantitative estimate of drug-likeness (QED) is 0.646. The number of nitro benzene ring substituents is 1. The molecule has 0 unspecified atom stereocenters. The highest BCUT2D eigenvalue weighted by atomic mass is 35.5. The summed E-state index contributed by atoms with van der Waals surface area (Å²) in [6, 6.07) is 3.34. The molecule has 21 heavy (non-hydrogen) atoms. The van der Waals surface area contributed by atoms with E-state index in [1.165, 1.54) is 6.07 Å². The summed E-state index contributed by atoms with van der Waals surface area (Å²) in [6.45, 7) is 0. The zero-order valence-corrected chi connectivity index (χ0v) is 10.7. The maximum Gasteiger partial charge on any atom is 0.374 e. The number of rotatable bonds is 4. The maximum atomic E-state index is 10.9. The van der Waals surface area contributed by atoms with E-state index in [9.17, 15) is 19.7 Å². The summed E-state index contributed by atoms with van der Waals surface area (Å²) in [5.74, 6) is -4.49. The Bertz CT molecular complexity index is 736. The van der Waals surface area contributed by atoms with Gasteiger partial charge in [-0.3, -0.25) is 10.1 Å². The number of benzene rings is 1.